The van der Waals surface area contributed by atoms with Crippen LogP contribution >= 0.6 is 23.1 Å². The van der Waals surface area contributed by atoms with Crippen molar-refractivity contribution in [3.05, 3.63) is 50.6 Å². The van der Waals surface area contributed by atoms with Crippen molar-refractivity contribution >= 4 is 50.7 Å². The summed E-state index contributed by atoms with van der Waals surface area (Å²) < 4.78 is 7.48. The quantitative estimate of drug-likeness (QED) is 0.288. The van der Waals surface area contributed by atoms with E-state index in [4.69, 9.17) is 9.72 Å². The van der Waals surface area contributed by atoms with Gasteiger partial charge in [-0.3, -0.25) is 19.0 Å². The second kappa shape index (κ2) is 10.2. The number of hydrogen-bond donors (Lipinski definition) is 1. The van der Waals surface area contributed by atoms with Crippen LogP contribution in [0.5, 0.6) is 0 Å². The van der Waals surface area contributed by atoms with Crippen LogP contribution in [0.4, 0.5) is 5.69 Å². The highest BCUT2D eigenvalue weighted by atomic mass is 32.2. The number of thiophene rings is 1. The Morgan fingerprint density at radius 3 is 2.70 bits per heavy atom. The van der Waals surface area contributed by atoms with Crippen molar-refractivity contribution in [3.63, 3.8) is 0 Å². The highest BCUT2D eigenvalue weighted by Crippen LogP contribution is 2.30. The van der Waals surface area contributed by atoms with Gasteiger partial charge in [-0.2, -0.15) is 0 Å². The van der Waals surface area contributed by atoms with E-state index in [0.29, 0.717) is 34.9 Å². The molecule has 1 aliphatic rings. The number of aryl methyl sites for hydroxylation is 2. The molecule has 1 aliphatic heterocycles. The molecule has 174 valence electrons. The summed E-state index contributed by atoms with van der Waals surface area (Å²) in [7, 11) is 0. The third-order valence-electron chi connectivity index (χ3n) is 5.70. The molecule has 4 rings (SSSR count). The van der Waals surface area contributed by atoms with Crippen molar-refractivity contribution in [1.29, 1.82) is 0 Å². The zero-order valence-corrected chi connectivity index (χ0v) is 20.6. The first kappa shape index (κ1) is 23.7. The van der Waals surface area contributed by atoms with Crippen molar-refractivity contribution < 1.29 is 14.3 Å². The maximum atomic E-state index is 13.5. The Morgan fingerprint density at radius 2 is 2.06 bits per heavy atom. The number of thioether (sulfide) groups is 1. The fourth-order valence-electron chi connectivity index (χ4n) is 4.08. The zero-order valence-electron chi connectivity index (χ0n) is 19.0. The predicted molar refractivity (Wildman–Crippen MR) is 133 cm³/mol. The summed E-state index contributed by atoms with van der Waals surface area (Å²) in [6.07, 6.45) is 2.67. The maximum absolute atomic E-state index is 13.5. The van der Waals surface area contributed by atoms with E-state index in [-0.39, 0.29) is 29.1 Å². The number of carbonyl (C=O) groups excluding carboxylic acids is 2. The van der Waals surface area contributed by atoms with Crippen molar-refractivity contribution in [2.45, 2.75) is 57.8 Å². The zero-order chi connectivity index (χ0) is 23.5. The van der Waals surface area contributed by atoms with Crippen LogP contribution in [0.25, 0.3) is 10.2 Å². The third-order valence-corrected chi connectivity index (χ3v) is 7.72. The topological polar surface area (TPSA) is 90.3 Å². The number of hydrogen-bond acceptors (Lipinski definition) is 7. The molecule has 3 aromatic rings. The summed E-state index contributed by atoms with van der Waals surface area (Å²) in [6, 6.07) is 6.80. The smallest absolute Gasteiger partial charge is 0.263 e. The van der Waals surface area contributed by atoms with Gasteiger partial charge in [-0.05, 0) is 56.0 Å². The van der Waals surface area contributed by atoms with Gasteiger partial charge in [-0.1, -0.05) is 18.7 Å². The number of fused-ring (bicyclic) bond motifs is 1. The molecule has 1 unspecified atom stereocenters. The Morgan fingerprint density at radius 1 is 1.30 bits per heavy atom. The molecule has 9 heteroatoms. The first-order valence-corrected chi connectivity index (χ1v) is 12.9. The van der Waals surface area contributed by atoms with E-state index in [0.717, 1.165) is 34.5 Å². The lowest BCUT2D eigenvalue weighted by Gasteiger charge is -2.16. The van der Waals surface area contributed by atoms with E-state index in [1.165, 1.54) is 30.0 Å². The molecular weight excluding hydrogens is 458 g/mol. The highest BCUT2D eigenvalue weighted by Gasteiger charge is 2.23. The minimum Gasteiger partial charge on any atom is -0.376 e. The molecular formula is C24H27N3O4S2. The molecule has 1 amide bonds. The Hall–Kier alpha value is -2.49. The van der Waals surface area contributed by atoms with Gasteiger partial charge in [-0.15, -0.1) is 11.3 Å². The van der Waals surface area contributed by atoms with Gasteiger partial charge in [0.15, 0.2) is 10.9 Å². The van der Waals surface area contributed by atoms with E-state index >= 15 is 0 Å². The van der Waals surface area contributed by atoms with Crippen LogP contribution in [-0.4, -0.2) is 39.7 Å². The van der Waals surface area contributed by atoms with Crippen molar-refractivity contribution in [2.24, 2.45) is 0 Å². The SMILES string of the molecule is CCc1c(C)sc2nc(SCC(=O)c3ccc(NC(C)=O)cc3)n(CC3CCCO3)c(=O)c12. The van der Waals surface area contributed by atoms with Crippen LogP contribution in [0.15, 0.2) is 34.2 Å². The molecule has 1 aromatic carbocycles. The van der Waals surface area contributed by atoms with Crippen LogP contribution in [0.3, 0.4) is 0 Å². The first-order chi connectivity index (χ1) is 15.9. The summed E-state index contributed by atoms with van der Waals surface area (Å²) in [5, 5.41) is 3.94. The Balaban J connectivity index is 1.61. The van der Waals surface area contributed by atoms with Crippen molar-refractivity contribution in [1.82, 2.24) is 9.55 Å². The van der Waals surface area contributed by atoms with E-state index < -0.39 is 0 Å². The van der Waals surface area contributed by atoms with Gasteiger partial charge in [0.25, 0.3) is 5.56 Å². The van der Waals surface area contributed by atoms with E-state index in [1.807, 2.05) is 6.92 Å². The number of carbonyl (C=O) groups is 2. The number of anilines is 1. The lowest BCUT2D eigenvalue weighted by Crippen LogP contribution is -2.29. The molecule has 2 aromatic heterocycles. The van der Waals surface area contributed by atoms with Crippen molar-refractivity contribution in [3.8, 4) is 0 Å². The molecule has 1 N–H and O–H groups in total. The second-order valence-corrected chi connectivity index (χ2v) is 10.2. The number of aromatic nitrogens is 2. The van der Waals surface area contributed by atoms with E-state index in [1.54, 1.807) is 28.8 Å². The van der Waals surface area contributed by atoms with Gasteiger partial charge in [-0.25, -0.2) is 4.98 Å². The first-order valence-electron chi connectivity index (χ1n) is 11.1. The number of benzene rings is 1. The molecule has 33 heavy (non-hydrogen) atoms. The Kier molecular flexibility index (Phi) is 7.31. The monoisotopic (exact) mass is 485 g/mol. The number of nitrogens with zero attached hydrogens (tertiary/aromatic N) is 2. The number of rotatable bonds is 8. The number of ether oxygens (including phenoxy) is 1. The van der Waals surface area contributed by atoms with Crippen LogP contribution < -0.4 is 10.9 Å². The molecule has 3 heterocycles. The Bertz CT molecular complexity index is 1240. The van der Waals surface area contributed by atoms with Crippen LogP contribution in [0.2, 0.25) is 0 Å². The van der Waals surface area contributed by atoms with E-state index in [2.05, 4.69) is 12.2 Å². The predicted octanol–water partition coefficient (Wildman–Crippen LogP) is 4.44. The fourth-order valence-corrected chi connectivity index (χ4v) is 6.13. The molecule has 0 radical (unpaired) electrons. The number of amides is 1. The summed E-state index contributed by atoms with van der Waals surface area (Å²) in [5.74, 6) is -0.0668. The minimum absolute atomic E-state index is 0.0110. The van der Waals surface area contributed by atoms with E-state index in [9.17, 15) is 14.4 Å². The van der Waals surface area contributed by atoms with Gasteiger partial charge < -0.3 is 10.1 Å². The van der Waals surface area contributed by atoms with Gasteiger partial charge >= 0.3 is 0 Å². The van der Waals surface area contributed by atoms with Crippen molar-refractivity contribution in [2.75, 3.05) is 17.7 Å². The van der Waals surface area contributed by atoms with Gasteiger partial charge in [0.1, 0.15) is 4.83 Å². The minimum atomic E-state index is -0.162. The molecule has 0 aliphatic carbocycles. The lowest BCUT2D eigenvalue weighted by molar-refractivity contribution is -0.114. The summed E-state index contributed by atoms with van der Waals surface area (Å²) in [4.78, 5) is 44.2. The normalized spacial score (nSPS) is 15.8. The van der Waals surface area contributed by atoms with Gasteiger partial charge in [0, 0.05) is 29.7 Å². The lowest BCUT2D eigenvalue weighted by atomic mass is 10.1. The van der Waals surface area contributed by atoms with Crippen LogP contribution in [-0.2, 0) is 22.5 Å². The molecule has 1 saturated heterocycles. The molecule has 0 spiro atoms. The number of nitrogens with one attached hydrogen (secondary N) is 1. The maximum Gasteiger partial charge on any atom is 0.263 e. The number of Topliss-reactive ketones (excluding diaryl/α,β-unsaturated/α-hetero) is 1. The number of ketones is 1. The summed E-state index contributed by atoms with van der Waals surface area (Å²) in [5.41, 5.74) is 2.20. The van der Waals surface area contributed by atoms with Crippen LogP contribution in [0, 0.1) is 6.92 Å². The standard InChI is InChI=1S/C24H27N3O4S2/c1-4-19-14(2)33-22-21(19)23(30)27(12-18-6-5-11-31-18)24(26-22)32-13-20(29)16-7-9-17(10-8-16)25-15(3)28/h7-10,18H,4-6,11-13H2,1-3H3,(H,25,28). The molecule has 7 nitrogen and oxygen atoms in total. The second-order valence-electron chi connectivity index (χ2n) is 8.09. The van der Waals surface area contributed by atoms with Gasteiger partial charge in [0.05, 0.1) is 23.8 Å². The summed E-state index contributed by atoms with van der Waals surface area (Å²) in [6.45, 7) is 6.67. The summed E-state index contributed by atoms with van der Waals surface area (Å²) >= 11 is 2.82. The largest absolute Gasteiger partial charge is 0.376 e. The molecule has 0 saturated carbocycles. The van der Waals surface area contributed by atoms with Gasteiger partial charge in [0.2, 0.25) is 5.91 Å². The average molecular weight is 486 g/mol. The Labute approximate surface area is 200 Å². The fraction of sp³-hybridized carbons (Fsp3) is 0.417. The van der Waals surface area contributed by atoms with Crippen LogP contribution in [0.1, 0.15) is 47.5 Å². The molecule has 1 fully saturated rings. The molecule has 1 atom stereocenters. The third kappa shape index (κ3) is 5.20. The highest BCUT2D eigenvalue weighted by molar-refractivity contribution is 7.99. The average Bonchev–Trinajstić information content (AvgIpc) is 3.41. The molecule has 0 bridgehead atoms.